The van der Waals surface area contributed by atoms with Gasteiger partial charge in [0.25, 0.3) is 0 Å². The van der Waals surface area contributed by atoms with E-state index in [1.807, 2.05) is 9.80 Å². The highest BCUT2D eigenvalue weighted by Gasteiger charge is 2.47. The van der Waals surface area contributed by atoms with Gasteiger partial charge in [0.15, 0.2) is 0 Å². The number of likely N-dealkylation sites (tertiary alicyclic amines) is 3. The third kappa shape index (κ3) is 3.62. The fourth-order valence-corrected chi connectivity index (χ4v) is 5.55. The summed E-state index contributed by atoms with van der Waals surface area (Å²) in [4.78, 5) is 30.4. The molecule has 3 saturated heterocycles. The summed E-state index contributed by atoms with van der Waals surface area (Å²) in [5.74, 6) is 1.40. The van der Waals surface area contributed by atoms with Crippen LogP contribution in [0.4, 0.5) is 0 Å². The van der Waals surface area contributed by atoms with Crippen molar-refractivity contribution in [1.82, 2.24) is 14.7 Å². The predicted octanol–water partition coefficient (Wildman–Crippen LogP) is 2.33. The van der Waals surface area contributed by atoms with E-state index in [2.05, 4.69) is 35.2 Å². The van der Waals surface area contributed by atoms with E-state index in [4.69, 9.17) is 0 Å². The number of benzene rings is 1. The molecule has 0 saturated carbocycles. The molecule has 0 bridgehead atoms. The molecule has 5 nitrogen and oxygen atoms in total. The molecule has 1 aromatic carbocycles. The Morgan fingerprint density at radius 1 is 0.852 bits per heavy atom. The van der Waals surface area contributed by atoms with Crippen LogP contribution in [-0.2, 0) is 9.59 Å². The van der Waals surface area contributed by atoms with Crippen molar-refractivity contribution < 1.29 is 9.59 Å². The number of amides is 2. The minimum atomic E-state index is 0.199. The molecule has 0 N–H and O–H groups in total. The lowest BCUT2D eigenvalue weighted by Gasteiger charge is -2.43. The van der Waals surface area contributed by atoms with Crippen LogP contribution in [0.15, 0.2) is 30.3 Å². The number of hydrogen-bond donors (Lipinski definition) is 0. The Bertz CT molecular complexity index is 684. The van der Waals surface area contributed by atoms with Crippen LogP contribution in [0.2, 0.25) is 0 Å². The van der Waals surface area contributed by atoms with Crippen LogP contribution >= 0.6 is 0 Å². The number of hydrogen-bond acceptors (Lipinski definition) is 3. The Hall–Kier alpha value is -1.88. The molecule has 3 atom stereocenters. The summed E-state index contributed by atoms with van der Waals surface area (Å²) in [5, 5.41) is 0. The largest absolute Gasteiger partial charge is 0.343 e. The molecule has 3 aliphatic heterocycles. The number of rotatable bonds is 2. The van der Waals surface area contributed by atoms with Crippen molar-refractivity contribution in [3.8, 4) is 0 Å². The molecular weight excluding hydrogens is 338 g/mol. The summed E-state index contributed by atoms with van der Waals surface area (Å²) in [6, 6.07) is 11.9. The van der Waals surface area contributed by atoms with Gasteiger partial charge in [0.2, 0.25) is 11.8 Å². The molecule has 0 aromatic heterocycles. The monoisotopic (exact) mass is 369 g/mol. The van der Waals surface area contributed by atoms with Gasteiger partial charge in [-0.15, -0.1) is 0 Å². The highest BCUT2D eigenvalue weighted by atomic mass is 16.2. The first kappa shape index (κ1) is 18.5. The van der Waals surface area contributed by atoms with Gasteiger partial charge in [0.1, 0.15) is 0 Å². The van der Waals surface area contributed by atoms with Crippen LogP contribution in [0.1, 0.15) is 44.6 Å². The zero-order valence-electron chi connectivity index (χ0n) is 16.5. The first-order valence-electron chi connectivity index (χ1n) is 10.4. The molecule has 5 heteroatoms. The minimum absolute atomic E-state index is 0.199. The lowest BCUT2D eigenvalue weighted by Crippen LogP contribution is -2.52. The Labute approximate surface area is 162 Å². The Morgan fingerprint density at radius 3 is 2.11 bits per heavy atom. The average Bonchev–Trinajstić information content (AvgIpc) is 3.07. The van der Waals surface area contributed by atoms with E-state index >= 15 is 0 Å². The third-order valence-electron chi connectivity index (χ3n) is 7.02. The normalized spacial score (nSPS) is 29.6. The second-order valence-electron chi connectivity index (χ2n) is 8.44. The molecule has 1 aromatic rings. The zero-order valence-corrected chi connectivity index (χ0v) is 16.5. The summed E-state index contributed by atoms with van der Waals surface area (Å²) in [6.07, 6.45) is 3.21. The van der Waals surface area contributed by atoms with Gasteiger partial charge >= 0.3 is 0 Å². The molecular formula is C22H31N3O2. The van der Waals surface area contributed by atoms with Gasteiger partial charge < -0.3 is 9.80 Å². The molecule has 0 spiro atoms. The van der Waals surface area contributed by atoms with Crippen LogP contribution in [0.3, 0.4) is 0 Å². The first-order chi connectivity index (χ1) is 13.0. The van der Waals surface area contributed by atoms with Crippen molar-refractivity contribution in [2.75, 3.05) is 32.7 Å². The Morgan fingerprint density at radius 2 is 1.48 bits per heavy atom. The van der Waals surface area contributed by atoms with E-state index in [1.165, 1.54) is 5.56 Å². The summed E-state index contributed by atoms with van der Waals surface area (Å²) < 4.78 is 0. The molecule has 4 rings (SSSR count). The lowest BCUT2D eigenvalue weighted by atomic mass is 9.81. The molecule has 3 fully saturated rings. The van der Waals surface area contributed by atoms with Crippen LogP contribution in [0.25, 0.3) is 0 Å². The maximum Gasteiger partial charge on any atom is 0.219 e. The van der Waals surface area contributed by atoms with Crippen LogP contribution in [0, 0.1) is 5.92 Å². The van der Waals surface area contributed by atoms with Gasteiger partial charge in [-0.1, -0.05) is 30.3 Å². The van der Waals surface area contributed by atoms with Gasteiger partial charge in [-0.2, -0.15) is 0 Å². The quantitative estimate of drug-likeness (QED) is 0.804. The standard InChI is InChI=1S/C22H31N3O2/c1-16(26)23-11-8-19(9-12-23)25-15-20(18-6-4-3-5-7-18)21-14-24(17(2)27)13-10-22(21)25/h3-7,19-22H,8-15H2,1-2H3/t20-,21-,22-/m1/s1. The van der Waals surface area contributed by atoms with Gasteiger partial charge in [-0.3, -0.25) is 14.5 Å². The second-order valence-corrected chi connectivity index (χ2v) is 8.44. The fraction of sp³-hybridized carbons (Fsp3) is 0.636. The summed E-state index contributed by atoms with van der Waals surface area (Å²) in [7, 11) is 0. The van der Waals surface area contributed by atoms with Crippen molar-refractivity contribution in [2.45, 2.75) is 51.1 Å². The number of piperidine rings is 2. The molecule has 146 valence electrons. The lowest BCUT2D eigenvalue weighted by molar-refractivity contribution is -0.131. The van der Waals surface area contributed by atoms with Gasteiger partial charge in [-0.25, -0.2) is 0 Å². The molecule has 3 heterocycles. The average molecular weight is 370 g/mol. The van der Waals surface area contributed by atoms with Crippen molar-refractivity contribution in [1.29, 1.82) is 0 Å². The van der Waals surface area contributed by atoms with Crippen molar-refractivity contribution in [3.05, 3.63) is 35.9 Å². The summed E-state index contributed by atoms with van der Waals surface area (Å²) in [5.41, 5.74) is 1.40. The van der Waals surface area contributed by atoms with E-state index < -0.39 is 0 Å². The maximum absolute atomic E-state index is 12.0. The highest BCUT2D eigenvalue weighted by Crippen LogP contribution is 2.43. The Balaban J connectivity index is 1.54. The first-order valence-corrected chi connectivity index (χ1v) is 10.4. The number of carbonyl (C=O) groups is 2. The molecule has 27 heavy (non-hydrogen) atoms. The number of fused-ring (bicyclic) bond motifs is 1. The van der Waals surface area contributed by atoms with E-state index in [9.17, 15) is 9.59 Å². The van der Waals surface area contributed by atoms with E-state index in [0.717, 1.165) is 52.0 Å². The predicted molar refractivity (Wildman–Crippen MR) is 105 cm³/mol. The minimum Gasteiger partial charge on any atom is -0.343 e. The molecule has 3 aliphatic rings. The topological polar surface area (TPSA) is 43.9 Å². The number of nitrogens with zero attached hydrogens (tertiary/aromatic N) is 3. The van der Waals surface area contributed by atoms with E-state index in [1.54, 1.807) is 13.8 Å². The molecule has 2 amide bonds. The van der Waals surface area contributed by atoms with E-state index in [0.29, 0.717) is 23.9 Å². The maximum atomic E-state index is 12.0. The summed E-state index contributed by atoms with van der Waals surface area (Å²) >= 11 is 0. The molecule has 0 aliphatic carbocycles. The zero-order chi connectivity index (χ0) is 19.0. The number of carbonyl (C=O) groups excluding carboxylic acids is 2. The van der Waals surface area contributed by atoms with Crippen molar-refractivity contribution in [2.24, 2.45) is 5.92 Å². The molecule has 0 radical (unpaired) electrons. The van der Waals surface area contributed by atoms with Gasteiger partial charge in [-0.05, 0) is 24.8 Å². The van der Waals surface area contributed by atoms with Crippen LogP contribution in [0.5, 0.6) is 0 Å². The highest BCUT2D eigenvalue weighted by molar-refractivity contribution is 5.73. The van der Waals surface area contributed by atoms with Gasteiger partial charge in [0, 0.05) is 70.5 Å². The summed E-state index contributed by atoms with van der Waals surface area (Å²) in [6.45, 7) is 7.96. The van der Waals surface area contributed by atoms with Crippen LogP contribution in [-0.4, -0.2) is 71.3 Å². The third-order valence-corrected chi connectivity index (χ3v) is 7.02. The molecule has 0 unspecified atom stereocenters. The van der Waals surface area contributed by atoms with Crippen LogP contribution < -0.4 is 0 Å². The smallest absolute Gasteiger partial charge is 0.219 e. The van der Waals surface area contributed by atoms with E-state index in [-0.39, 0.29) is 11.8 Å². The second kappa shape index (κ2) is 7.63. The Kier molecular flexibility index (Phi) is 5.22. The van der Waals surface area contributed by atoms with Crippen molar-refractivity contribution in [3.63, 3.8) is 0 Å². The van der Waals surface area contributed by atoms with Crippen molar-refractivity contribution >= 4 is 11.8 Å². The van der Waals surface area contributed by atoms with Gasteiger partial charge in [0.05, 0.1) is 0 Å². The fourth-order valence-electron chi connectivity index (χ4n) is 5.55. The SMILES string of the molecule is CC(=O)N1CCC(N2C[C@H](c3ccccc3)[C@H]3CN(C(C)=O)CC[C@H]32)CC1.